The number of ketones is 1. The van der Waals surface area contributed by atoms with Crippen molar-refractivity contribution in [3.8, 4) is 0 Å². The van der Waals surface area contributed by atoms with Gasteiger partial charge in [-0.05, 0) is 43.2 Å². The predicted molar refractivity (Wildman–Crippen MR) is 88.2 cm³/mol. The summed E-state index contributed by atoms with van der Waals surface area (Å²) in [7, 11) is 0. The van der Waals surface area contributed by atoms with Gasteiger partial charge in [0.05, 0.1) is 5.41 Å². The van der Waals surface area contributed by atoms with Gasteiger partial charge in [-0.3, -0.25) is 9.59 Å². The molecule has 0 saturated heterocycles. The van der Waals surface area contributed by atoms with Crippen LogP contribution in [0.25, 0.3) is 0 Å². The van der Waals surface area contributed by atoms with E-state index in [1.54, 1.807) is 18.2 Å². The third kappa shape index (κ3) is 3.45. The molecular weight excluding hydrogens is 326 g/mol. The van der Waals surface area contributed by atoms with E-state index in [0.29, 0.717) is 18.4 Å². The Morgan fingerprint density at radius 1 is 0.960 bits per heavy atom. The highest BCUT2D eigenvalue weighted by Crippen LogP contribution is 2.43. The summed E-state index contributed by atoms with van der Waals surface area (Å²) in [5.74, 6) is -1.88. The molecule has 2 aromatic carbocycles. The summed E-state index contributed by atoms with van der Waals surface area (Å²) >= 11 is 0. The molecule has 0 radical (unpaired) electrons. The zero-order valence-electron chi connectivity index (χ0n) is 13.6. The minimum absolute atomic E-state index is 0.264. The fourth-order valence-electron chi connectivity index (χ4n) is 3.40. The first kappa shape index (κ1) is 17.3. The van der Waals surface area contributed by atoms with E-state index in [2.05, 4.69) is 0 Å². The molecule has 0 atom stereocenters. The maximum Gasteiger partial charge on any atom is 0.317 e. The second kappa shape index (κ2) is 7.13. The van der Waals surface area contributed by atoms with Crippen molar-refractivity contribution in [3.63, 3.8) is 0 Å². The Morgan fingerprint density at radius 3 is 2.24 bits per heavy atom. The lowest BCUT2D eigenvalue weighted by Crippen LogP contribution is -2.36. The quantitative estimate of drug-likeness (QED) is 0.603. The number of ether oxygens (including phenoxy) is 1. The summed E-state index contributed by atoms with van der Waals surface area (Å²) in [6.07, 6.45) is 2.60. The second-order valence-electron chi connectivity index (χ2n) is 6.28. The van der Waals surface area contributed by atoms with Crippen LogP contribution in [-0.4, -0.2) is 18.4 Å². The van der Waals surface area contributed by atoms with Crippen LogP contribution in [0.3, 0.4) is 0 Å². The highest BCUT2D eigenvalue weighted by Gasteiger charge is 2.45. The zero-order valence-corrected chi connectivity index (χ0v) is 13.6. The average Bonchev–Trinajstić information content (AvgIpc) is 3.11. The van der Waals surface area contributed by atoms with Crippen molar-refractivity contribution in [2.45, 2.75) is 31.1 Å². The molecule has 0 unspecified atom stereocenters. The van der Waals surface area contributed by atoms with Gasteiger partial charge in [0.1, 0.15) is 11.6 Å². The minimum atomic E-state index is -1.03. The molecule has 1 aliphatic carbocycles. The zero-order chi connectivity index (χ0) is 17.9. The Morgan fingerprint density at radius 2 is 1.60 bits per heavy atom. The van der Waals surface area contributed by atoms with Gasteiger partial charge in [0.25, 0.3) is 0 Å². The molecule has 3 rings (SSSR count). The average molecular weight is 344 g/mol. The van der Waals surface area contributed by atoms with Gasteiger partial charge in [0.15, 0.2) is 12.4 Å². The Balaban J connectivity index is 1.75. The van der Waals surface area contributed by atoms with E-state index in [1.807, 2.05) is 0 Å². The van der Waals surface area contributed by atoms with Crippen LogP contribution in [0.2, 0.25) is 0 Å². The molecule has 130 valence electrons. The van der Waals surface area contributed by atoms with Crippen molar-refractivity contribution in [3.05, 3.63) is 71.3 Å². The van der Waals surface area contributed by atoms with Crippen molar-refractivity contribution in [2.75, 3.05) is 6.61 Å². The van der Waals surface area contributed by atoms with Crippen LogP contribution in [0.15, 0.2) is 48.5 Å². The van der Waals surface area contributed by atoms with Crippen molar-refractivity contribution in [1.29, 1.82) is 0 Å². The van der Waals surface area contributed by atoms with E-state index in [1.165, 1.54) is 30.3 Å². The molecule has 25 heavy (non-hydrogen) atoms. The van der Waals surface area contributed by atoms with Crippen molar-refractivity contribution in [2.24, 2.45) is 0 Å². The molecule has 0 spiro atoms. The summed E-state index contributed by atoms with van der Waals surface area (Å²) in [4.78, 5) is 24.8. The van der Waals surface area contributed by atoms with E-state index < -0.39 is 35.4 Å². The van der Waals surface area contributed by atoms with Crippen molar-refractivity contribution in [1.82, 2.24) is 0 Å². The first-order chi connectivity index (χ1) is 12.0. The molecule has 3 nitrogen and oxygen atoms in total. The summed E-state index contributed by atoms with van der Waals surface area (Å²) in [5, 5.41) is 0. The van der Waals surface area contributed by atoms with Crippen LogP contribution in [0.1, 0.15) is 41.6 Å². The van der Waals surface area contributed by atoms with Crippen molar-refractivity contribution >= 4 is 11.8 Å². The fraction of sp³-hybridized carbons (Fsp3) is 0.300. The van der Waals surface area contributed by atoms with Crippen LogP contribution in [0.4, 0.5) is 8.78 Å². The molecule has 0 bridgehead atoms. The number of hydrogen-bond acceptors (Lipinski definition) is 3. The van der Waals surface area contributed by atoms with Crippen LogP contribution in [0, 0.1) is 11.6 Å². The topological polar surface area (TPSA) is 43.4 Å². The Labute approximate surface area is 144 Å². The smallest absolute Gasteiger partial charge is 0.317 e. The number of rotatable bonds is 5. The number of esters is 1. The molecule has 1 aliphatic rings. The van der Waals surface area contributed by atoms with Crippen LogP contribution in [0.5, 0.6) is 0 Å². The highest BCUT2D eigenvalue weighted by atomic mass is 19.1. The Hall–Kier alpha value is -2.56. The van der Waals surface area contributed by atoms with Gasteiger partial charge in [-0.25, -0.2) is 8.78 Å². The third-order valence-electron chi connectivity index (χ3n) is 4.74. The van der Waals surface area contributed by atoms with E-state index in [-0.39, 0.29) is 5.56 Å². The number of halogens is 2. The highest BCUT2D eigenvalue weighted by molar-refractivity contribution is 5.98. The van der Waals surface area contributed by atoms with Crippen LogP contribution < -0.4 is 0 Å². The van der Waals surface area contributed by atoms with Crippen LogP contribution >= 0.6 is 0 Å². The molecule has 0 aliphatic heterocycles. The number of hydrogen-bond donors (Lipinski definition) is 0. The van der Waals surface area contributed by atoms with Gasteiger partial charge in [0.2, 0.25) is 0 Å². The van der Waals surface area contributed by atoms with Crippen LogP contribution in [-0.2, 0) is 14.9 Å². The second-order valence-corrected chi connectivity index (χ2v) is 6.28. The largest absolute Gasteiger partial charge is 0.457 e. The number of carbonyl (C=O) groups excluding carboxylic acids is 2. The standard InChI is InChI=1S/C20H18F2O3/c21-15-9-7-14(8-10-15)18(23)13-25-19(24)20(11-3-4-12-20)16-5-1-2-6-17(16)22/h1-2,5-10H,3-4,11-13H2. The fourth-order valence-corrected chi connectivity index (χ4v) is 3.40. The molecule has 0 amide bonds. The molecular formula is C20H18F2O3. The normalized spacial score (nSPS) is 15.8. The Kier molecular flexibility index (Phi) is 4.93. The van der Waals surface area contributed by atoms with E-state index in [9.17, 15) is 18.4 Å². The summed E-state index contributed by atoms with van der Waals surface area (Å²) in [5.41, 5.74) is -0.443. The molecule has 2 aromatic rings. The first-order valence-corrected chi connectivity index (χ1v) is 8.24. The summed E-state index contributed by atoms with van der Waals surface area (Å²) in [6, 6.07) is 11.2. The number of carbonyl (C=O) groups is 2. The number of Topliss-reactive ketones (excluding diaryl/α,β-unsaturated/α-hetero) is 1. The lowest BCUT2D eigenvalue weighted by atomic mass is 9.78. The van der Waals surface area contributed by atoms with Gasteiger partial charge in [-0.1, -0.05) is 31.0 Å². The molecule has 0 heterocycles. The van der Waals surface area contributed by atoms with Gasteiger partial charge >= 0.3 is 5.97 Å². The molecule has 0 aromatic heterocycles. The maximum atomic E-state index is 14.2. The van der Waals surface area contributed by atoms with Gasteiger partial charge < -0.3 is 4.74 Å². The van der Waals surface area contributed by atoms with Gasteiger partial charge in [-0.2, -0.15) is 0 Å². The lowest BCUT2D eigenvalue weighted by molar-refractivity contribution is -0.149. The minimum Gasteiger partial charge on any atom is -0.457 e. The van der Waals surface area contributed by atoms with Crippen molar-refractivity contribution < 1.29 is 23.1 Å². The summed E-state index contributed by atoms with van der Waals surface area (Å²) < 4.78 is 32.4. The Bertz CT molecular complexity index is 778. The van der Waals surface area contributed by atoms with Gasteiger partial charge in [-0.15, -0.1) is 0 Å². The van der Waals surface area contributed by atoms with E-state index in [4.69, 9.17) is 4.74 Å². The monoisotopic (exact) mass is 344 g/mol. The summed E-state index contributed by atoms with van der Waals surface area (Å²) in [6.45, 7) is -0.444. The SMILES string of the molecule is O=C(COC(=O)C1(c2ccccc2F)CCCC1)c1ccc(F)cc1. The molecule has 1 fully saturated rings. The van der Waals surface area contributed by atoms with E-state index >= 15 is 0 Å². The lowest BCUT2D eigenvalue weighted by Gasteiger charge is -2.27. The number of benzene rings is 2. The van der Waals surface area contributed by atoms with E-state index in [0.717, 1.165) is 12.8 Å². The first-order valence-electron chi connectivity index (χ1n) is 8.24. The van der Waals surface area contributed by atoms with Gasteiger partial charge in [0, 0.05) is 11.1 Å². The molecule has 5 heteroatoms. The molecule has 0 N–H and O–H groups in total. The predicted octanol–water partition coefficient (Wildman–Crippen LogP) is 4.20. The third-order valence-corrected chi connectivity index (χ3v) is 4.74. The molecule has 1 saturated carbocycles. The maximum absolute atomic E-state index is 14.2.